The van der Waals surface area contributed by atoms with Crippen molar-refractivity contribution in [3.63, 3.8) is 0 Å². The van der Waals surface area contributed by atoms with Crippen LogP contribution in [0.15, 0.2) is 29.3 Å². The lowest BCUT2D eigenvalue weighted by atomic mass is 10.2. The van der Waals surface area contributed by atoms with Crippen LogP contribution in [0.25, 0.3) is 0 Å². The van der Waals surface area contributed by atoms with Crippen molar-refractivity contribution in [1.29, 1.82) is 0 Å². The quantitative estimate of drug-likeness (QED) is 0.615. The molecule has 4 heteroatoms. The Morgan fingerprint density at radius 2 is 1.79 bits per heavy atom. The third kappa shape index (κ3) is 2.58. The molecule has 0 unspecified atom stereocenters. The minimum atomic E-state index is -4.34. The summed E-state index contributed by atoms with van der Waals surface area (Å²) < 4.78 is 36.4. The third-order valence-corrected chi connectivity index (χ3v) is 1.81. The second-order valence-corrected chi connectivity index (χ2v) is 2.98. The van der Waals surface area contributed by atoms with Gasteiger partial charge in [-0.05, 0) is 25.5 Å². The van der Waals surface area contributed by atoms with Crippen molar-refractivity contribution in [1.82, 2.24) is 0 Å². The minimum absolute atomic E-state index is 0.363. The molecule has 0 aliphatic heterocycles. The predicted molar refractivity (Wildman–Crippen MR) is 50.0 cm³/mol. The van der Waals surface area contributed by atoms with Crippen LogP contribution in [0.4, 0.5) is 18.9 Å². The smallest absolute Gasteiger partial charge is 0.248 e. The SMILES string of the molecule is CC(=Nc1ccccc1C)C(F)(F)F. The third-order valence-electron chi connectivity index (χ3n) is 1.81. The van der Waals surface area contributed by atoms with E-state index < -0.39 is 11.9 Å². The van der Waals surface area contributed by atoms with Crippen LogP contribution in [0.5, 0.6) is 0 Å². The van der Waals surface area contributed by atoms with Crippen LogP contribution in [-0.2, 0) is 0 Å². The number of rotatable bonds is 1. The number of aryl methyl sites for hydroxylation is 1. The molecular formula is C10H10F3N. The summed E-state index contributed by atoms with van der Waals surface area (Å²) in [5.41, 5.74) is 0.269. The van der Waals surface area contributed by atoms with Crippen LogP contribution in [0.2, 0.25) is 0 Å². The first kappa shape index (κ1) is 10.8. The normalized spacial score (nSPS) is 13.1. The van der Waals surface area contributed by atoms with E-state index in [9.17, 15) is 13.2 Å². The number of para-hydroxylation sites is 1. The molecule has 1 rings (SSSR count). The van der Waals surface area contributed by atoms with Crippen LogP contribution in [0.3, 0.4) is 0 Å². The maximum atomic E-state index is 12.1. The molecule has 14 heavy (non-hydrogen) atoms. The summed E-state index contributed by atoms with van der Waals surface area (Å²) in [6, 6.07) is 6.71. The van der Waals surface area contributed by atoms with Crippen LogP contribution < -0.4 is 0 Å². The van der Waals surface area contributed by atoms with Gasteiger partial charge in [0, 0.05) is 0 Å². The van der Waals surface area contributed by atoms with Crippen molar-refractivity contribution in [3.05, 3.63) is 29.8 Å². The number of alkyl halides is 3. The molecule has 1 nitrogen and oxygen atoms in total. The fourth-order valence-electron chi connectivity index (χ4n) is 0.933. The summed E-state index contributed by atoms with van der Waals surface area (Å²) in [5.74, 6) is 0. The van der Waals surface area contributed by atoms with E-state index in [4.69, 9.17) is 0 Å². The van der Waals surface area contributed by atoms with Crippen LogP contribution in [0.1, 0.15) is 12.5 Å². The lowest BCUT2D eigenvalue weighted by molar-refractivity contribution is -0.0591. The average molecular weight is 201 g/mol. The topological polar surface area (TPSA) is 12.4 Å². The van der Waals surface area contributed by atoms with Gasteiger partial charge in [-0.3, -0.25) is 0 Å². The zero-order valence-electron chi connectivity index (χ0n) is 7.89. The first-order chi connectivity index (χ1) is 6.41. The number of nitrogens with zero attached hydrogens (tertiary/aromatic N) is 1. The summed E-state index contributed by atoms with van der Waals surface area (Å²) in [5, 5.41) is 0. The predicted octanol–water partition coefficient (Wildman–Crippen LogP) is 3.65. The van der Waals surface area contributed by atoms with E-state index in [0.29, 0.717) is 5.69 Å². The van der Waals surface area contributed by atoms with Crippen molar-refractivity contribution in [2.45, 2.75) is 20.0 Å². The highest BCUT2D eigenvalue weighted by Crippen LogP contribution is 2.23. The minimum Gasteiger partial charge on any atom is -0.248 e. The molecule has 0 heterocycles. The van der Waals surface area contributed by atoms with E-state index in [1.165, 1.54) is 0 Å². The van der Waals surface area contributed by atoms with E-state index in [2.05, 4.69) is 4.99 Å². The number of benzene rings is 1. The Labute approximate surface area is 80.3 Å². The molecule has 76 valence electrons. The Bertz CT molecular complexity index is 353. The van der Waals surface area contributed by atoms with E-state index >= 15 is 0 Å². The lowest BCUT2D eigenvalue weighted by Gasteiger charge is -2.06. The highest BCUT2D eigenvalue weighted by Gasteiger charge is 2.31. The number of aliphatic imine (C=N–C) groups is 1. The number of hydrogen-bond donors (Lipinski definition) is 0. The van der Waals surface area contributed by atoms with Crippen molar-refractivity contribution in [2.75, 3.05) is 0 Å². The monoisotopic (exact) mass is 201 g/mol. The average Bonchev–Trinajstić information content (AvgIpc) is 2.07. The van der Waals surface area contributed by atoms with Crippen molar-refractivity contribution < 1.29 is 13.2 Å². The summed E-state index contributed by atoms with van der Waals surface area (Å²) >= 11 is 0. The molecule has 0 saturated heterocycles. The van der Waals surface area contributed by atoms with Gasteiger partial charge in [0.25, 0.3) is 0 Å². The molecule has 0 aliphatic carbocycles. The fraction of sp³-hybridized carbons (Fsp3) is 0.300. The summed E-state index contributed by atoms with van der Waals surface area (Å²) in [4.78, 5) is 3.52. The molecule has 0 amide bonds. The van der Waals surface area contributed by atoms with E-state index in [1.54, 1.807) is 31.2 Å². The molecule has 1 aromatic rings. The molecule has 0 fully saturated rings. The van der Waals surface area contributed by atoms with Gasteiger partial charge in [0.1, 0.15) is 5.71 Å². The van der Waals surface area contributed by atoms with Crippen LogP contribution in [-0.4, -0.2) is 11.9 Å². The first-order valence-corrected chi connectivity index (χ1v) is 4.09. The summed E-state index contributed by atoms with van der Waals surface area (Å²) in [6.45, 7) is 2.69. The number of halogens is 3. The molecule has 0 saturated carbocycles. The van der Waals surface area contributed by atoms with Gasteiger partial charge in [-0.25, -0.2) is 4.99 Å². The van der Waals surface area contributed by atoms with Crippen molar-refractivity contribution >= 4 is 11.4 Å². The van der Waals surface area contributed by atoms with Gasteiger partial charge in [0.05, 0.1) is 5.69 Å². The highest BCUT2D eigenvalue weighted by molar-refractivity contribution is 5.89. The second kappa shape index (κ2) is 3.82. The molecule has 0 aliphatic rings. The Hall–Kier alpha value is -1.32. The lowest BCUT2D eigenvalue weighted by Crippen LogP contribution is -2.18. The summed E-state index contributed by atoms with van der Waals surface area (Å²) in [7, 11) is 0. The van der Waals surface area contributed by atoms with Gasteiger partial charge in [0.15, 0.2) is 0 Å². The molecule has 0 N–H and O–H groups in total. The van der Waals surface area contributed by atoms with Gasteiger partial charge in [-0.2, -0.15) is 13.2 Å². The van der Waals surface area contributed by atoms with Crippen molar-refractivity contribution in [3.8, 4) is 0 Å². The van der Waals surface area contributed by atoms with Gasteiger partial charge in [-0.15, -0.1) is 0 Å². The van der Waals surface area contributed by atoms with E-state index in [0.717, 1.165) is 12.5 Å². The van der Waals surface area contributed by atoms with E-state index in [-0.39, 0.29) is 0 Å². The maximum Gasteiger partial charge on any atom is 0.429 e. The molecule has 1 aromatic carbocycles. The maximum absolute atomic E-state index is 12.1. The molecule has 0 atom stereocenters. The molecule has 0 spiro atoms. The van der Waals surface area contributed by atoms with Gasteiger partial charge >= 0.3 is 6.18 Å². The standard InChI is InChI=1S/C10H10F3N/c1-7-5-3-4-6-9(7)14-8(2)10(11,12)13/h3-6H,1-2H3. The Balaban J connectivity index is 3.04. The Kier molecular flexibility index (Phi) is 2.93. The van der Waals surface area contributed by atoms with Crippen LogP contribution >= 0.6 is 0 Å². The largest absolute Gasteiger partial charge is 0.429 e. The fourth-order valence-corrected chi connectivity index (χ4v) is 0.933. The zero-order chi connectivity index (χ0) is 10.8. The van der Waals surface area contributed by atoms with Gasteiger partial charge < -0.3 is 0 Å². The number of hydrogen-bond acceptors (Lipinski definition) is 1. The molecule has 0 aromatic heterocycles. The molecular weight excluding hydrogens is 191 g/mol. The Morgan fingerprint density at radius 1 is 1.21 bits per heavy atom. The zero-order valence-corrected chi connectivity index (χ0v) is 7.89. The van der Waals surface area contributed by atoms with E-state index in [1.807, 2.05) is 0 Å². The first-order valence-electron chi connectivity index (χ1n) is 4.09. The van der Waals surface area contributed by atoms with Gasteiger partial charge in [-0.1, -0.05) is 18.2 Å². The second-order valence-electron chi connectivity index (χ2n) is 2.98. The Morgan fingerprint density at radius 3 is 2.29 bits per heavy atom. The highest BCUT2D eigenvalue weighted by atomic mass is 19.4. The van der Waals surface area contributed by atoms with Crippen LogP contribution in [0, 0.1) is 6.92 Å². The molecule has 0 radical (unpaired) electrons. The molecule has 0 bridgehead atoms. The summed E-state index contributed by atoms with van der Waals surface area (Å²) in [6.07, 6.45) is -4.34. The van der Waals surface area contributed by atoms with Crippen molar-refractivity contribution in [2.24, 2.45) is 4.99 Å². The van der Waals surface area contributed by atoms with Gasteiger partial charge in [0.2, 0.25) is 0 Å².